The van der Waals surface area contributed by atoms with Crippen LogP contribution in [0, 0.1) is 5.82 Å². The van der Waals surface area contributed by atoms with Crippen LogP contribution >= 0.6 is 0 Å². The number of hydrogen-bond donors (Lipinski definition) is 3. The number of aromatic nitrogens is 3. The molecule has 0 atom stereocenters. The molecule has 2 heterocycles. The van der Waals surface area contributed by atoms with Gasteiger partial charge in [0.15, 0.2) is 23.1 Å². The third kappa shape index (κ3) is 5.95. The number of hydrogen-bond acceptors (Lipinski definition) is 10. The standard InChI is InChI=1S/C24H23FN6O5S/c1-34-20-11-17(12-21(35-2)22(20)36-3)29-24-27-14-19(25)23(30-24)28-15-6-4-7-16(10-15)31-37(32,33)18-8-5-9-26-13-18/h4-14,31H,1-3H3,(H2,27,28,29,30). The van der Waals surface area contributed by atoms with Crippen LogP contribution in [-0.4, -0.2) is 44.7 Å². The molecule has 0 spiro atoms. The van der Waals surface area contributed by atoms with Crippen molar-refractivity contribution in [2.75, 3.05) is 36.7 Å². The zero-order chi connectivity index (χ0) is 26.4. The molecular formula is C24H23FN6O5S. The van der Waals surface area contributed by atoms with Gasteiger partial charge >= 0.3 is 0 Å². The molecule has 4 aromatic rings. The predicted molar refractivity (Wildman–Crippen MR) is 136 cm³/mol. The van der Waals surface area contributed by atoms with E-state index in [0.717, 1.165) is 6.20 Å². The topological polar surface area (TPSA) is 137 Å². The first-order valence-corrected chi connectivity index (χ1v) is 12.2. The summed E-state index contributed by atoms with van der Waals surface area (Å²) in [6.07, 6.45) is 3.72. The van der Waals surface area contributed by atoms with Crippen molar-refractivity contribution in [2.45, 2.75) is 4.90 Å². The molecule has 3 N–H and O–H groups in total. The summed E-state index contributed by atoms with van der Waals surface area (Å²) in [7, 11) is 0.622. The molecule has 2 aromatic carbocycles. The molecule has 2 aromatic heterocycles. The Bertz CT molecular complexity index is 1480. The van der Waals surface area contributed by atoms with Gasteiger partial charge in [0.1, 0.15) is 4.90 Å². The lowest BCUT2D eigenvalue weighted by atomic mass is 10.2. The number of methoxy groups -OCH3 is 3. The first-order chi connectivity index (χ1) is 17.8. The van der Waals surface area contributed by atoms with Crippen molar-refractivity contribution in [2.24, 2.45) is 0 Å². The lowest BCUT2D eigenvalue weighted by Gasteiger charge is -2.15. The first kappa shape index (κ1) is 25.4. The normalized spacial score (nSPS) is 10.9. The summed E-state index contributed by atoms with van der Waals surface area (Å²) in [6.45, 7) is 0. The number of nitrogens with one attached hydrogen (secondary N) is 3. The fourth-order valence-corrected chi connectivity index (χ4v) is 4.33. The Morgan fingerprint density at radius 2 is 1.57 bits per heavy atom. The van der Waals surface area contributed by atoms with Gasteiger partial charge in [-0.05, 0) is 30.3 Å². The van der Waals surface area contributed by atoms with Gasteiger partial charge in [-0.1, -0.05) is 6.07 Å². The molecule has 0 saturated carbocycles. The van der Waals surface area contributed by atoms with E-state index >= 15 is 0 Å². The molecule has 0 aliphatic heterocycles. The van der Waals surface area contributed by atoms with Crippen LogP contribution in [0.4, 0.5) is 33.2 Å². The maximum absolute atomic E-state index is 14.5. The highest BCUT2D eigenvalue weighted by Crippen LogP contribution is 2.40. The summed E-state index contributed by atoms with van der Waals surface area (Å²) >= 11 is 0. The molecule has 0 bridgehead atoms. The van der Waals surface area contributed by atoms with Gasteiger partial charge < -0.3 is 24.8 Å². The van der Waals surface area contributed by atoms with Gasteiger partial charge in [-0.25, -0.2) is 17.8 Å². The minimum absolute atomic E-state index is 0.0118. The molecule has 0 aliphatic rings. The molecule has 4 rings (SSSR count). The summed E-state index contributed by atoms with van der Waals surface area (Å²) in [5.41, 5.74) is 1.17. The second-order valence-corrected chi connectivity index (χ2v) is 9.11. The molecule has 0 saturated heterocycles. The molecule has 13 heteroatoms. The van der Waals surface area contributed by atoms with E-state index in [1.807, 2.05) is 0 Å². The summed E-state index contributed by atoms with van der Waals surface area (Å²) in [5.74, 6) is 0.489. The SMILES string of the molecule is COc1cc(Nc2ncc(F)c(Nc3cccc(NS(=O)(=O)c4cccnc4)c3)n2)cc(OC)c1OC. The average molecular weight is 527 g/mol. The Kier molecular flexibility index (Phi) is 7.53. The van der Waals surface area contributed by atoms with Gasteiger partial charge in [-0.3, -0.25) is 9.71 Å². The van der Waals surface area contributed by atoms with Crippen molar-refractivity contribution in [3.8, 4) is 17.2 Å². The van der Waals surface area contributed by atoms with Gasteiger partial charge in [0.2, 0.25) is 11.7 Å². The van der Waals surface area contributed by atoms with Gasteiger partial charge in [0.25, 0.3) is 10.0 Å². The summed E-state index contributed by atoms with van der Waals surface area (Å²) < 4.78 is 58.2. The molecule has 11 nitrogen and oxygen atoms in total. The Balaban J connectivity index is 1.55. The summed E-state index contributed by atoms with van der Waals surface area (Å²) in [6, 6.07) is 12.6. The third-order valence-corrected chi connectivity index (χ3v) is 6.35. The van der Waals surface area contributed by atoms with Crippen LogP contribution in [-0.2, 0) is 10.0 Å². The molecule has 0 fully saturated rings. The van der Waals surface area contributed by atoms with Crippen LogP contribution in [0.25, 0.3) is 0 Å². The maximum Gasteiger partial charge on any atom is 0.263 e. The largest absolute Gasteiger partial charge is 0.493 e. The van der Waals surface area contributed by atoms with Crippen LogP contribution in [0.5, 0.6) is 17.2 Å². The van der Waals surface area contributed by atoms with Crippen molar-refractivity contribution in [1.82, 2.24) is 15.0 Å². The zero-order valence-corrected chi connectivity index (χ0v) is 20.8. The van der Waals surface area contributed by atoms with E-state index in [1.54, 1.807) is 30.3 Å². The fraction of sp³-hybridized carbons (Fsp3) is 0.125. The highest BCUT2D eigenvalue weighted by Gasteiger charge is 2.16. The van der Waals surface area contributed by atoms with E-state index in [4.69, 9.17) is 14.2 Å². The van der Waals surface area contributed by atoms with E-state index in [2.05, 4.69) is 30.3 Å². The Labute approximate surface area is 212 Å². The predicted octanol–water partition coefficient (Wildman–Crippen LogP) is 4.32. The van der Waals surface area contributed by atoms with E-state index in [1.165, 1.54) is 51.9 Å². The molecule has 0 unspecified atom stereocenters. The Morgan fingerprint density at radius 3 is 2.22 bits per heavy atom. The Hall–Kier alpha value is -4.65. The highest BCUT2D eigenvalue weighted by atomic mass is 32.2. The quantitative estimate of drug-likeness (QED) is 0.274. The second kappa shape index (κ2) is 11.0. The molecule has 0 amide bonds. The molecule has 0 radical (unpaired) electrons. The van der Waals surface area contributed by atoms with Crippen LogP contribution in [0.1, 0.15) is 0 Å². The van der Waals surface area contributed by atoms with E-state index in [0.29, 0.717) is 28.6 Å². The van der Waals surface area contributed by atoms with Crippen molar-refractivity contribution in [3.05, 3.63) is 72.9 Å². The Morgan fingerprint density at radius 1 is 0.838 bits per heavy atom. The molecule has 0 aliphatic carbocycles. The van der Waals surface area contributed by atoms with Gasteiger partial charge in [-0.15, -0.1) is 0 Å². The van der Waals surface area contributed by atoms with Crippen LogP contribution in [0.15, 0.2) is 72.0 Å². The fourth-order valence-electron chi connectivity index (χ4n) is 3.31. The number of halogens is 1. The van der Waals surface area contributed by atoms with E-state index in [9.17, 15) is 12.8 Å². The van der Waals surface area contributed by atoms with Crippen LogP contribution in [0.3, 0.4) is 0 Å². The summed E-state index contributed by atoms with van der Waals surface area (Å²) in [4.78, 5) is 12.0. The lowest BCUT2D eigenvalue weighted by Crippen LogP contribution is -2.13. The van der Waals surface area contributed by atoms with Crippen LogP contribution < -0.4 is 29.6 Å². The average Bonchev–Trinajstić information content (AvgIpc) is 2.90. The summed E-state index contributed by atoms with van der Waals surface area (Å²) in [5, 5.41) is 5.82. The van der Waals surface area contributed by atoms with Gasteiger partial charge in [0, 0.05) is 35.9 Å². The number of sulfonamides is 1. The monoisotopic (exact) mass is 526 g/mol. The molecular weight excluding hydrogens is 503 g/mol. The number of anilines is 5. The number of nitrogens with zero attached hydrogens (tertiary/aromatic N) is 3. The second-order valence-electron chi connectivity index (χ2n) is 7.43. The minimum Gasteiger partial charge on any atom is -0.493 e. The zero-order valence-electron chi connectivity index (χ0n) is 20.0. The van der Waals surface area contributed by atoms with Crippen molar-refractivity contribution in [1.29, 1.82) is 0 Å². The number of ether oxygens (including phenoxy) is 3. The molecule has 192 valence electrons. The van der Waals surface area contributed by atoms with E-state index in [-0.39, 0.29) is 22.3 Å². The van der Waals surface area contributed by atoms with Gasteiger partial charge in [0.05, 0.1) is 33.2 Å². The van der Waals surface area contributed by atoms with Crippen molar-refractivity contribution >= 4 is 38.9 Å². The third-order valence-electron chi connectivity index (χ3n) is 4.99. The maximum atomic E-state index is 14.5. The minimum atomic E-state index is -3.85. The smallest absolute Gasteiger partial charge is 0.263 e. The highest BCUT2D eigenvalue weighted by molar-refractivity contribution is 7.92. The lowest BCUT2D eigenvalue weighted by molar-refractivity contribution is 0.324. The number of pyridine rings is 1. The van der Waals surface area contributed by atoms with Crippen molar-refractivity contribution in [3.63, 3.8) is 0 Å². The van der Waals surface area contributed by atoms with Gasteiger partial charge in [-0.2, -0.15) is 4.98 Å². The first-order valence-electron chi connectivity index (χ1n) is 10.7. The van der Waals surface area contributed by atoms with E-state index < -0.39 is 15.8 Å². The number of benzene rings is 2. The van der Waals surface area contributed by atoms with Crippen LogP contribution in [0.2, 0.25) is 0 Å². The van der Waals surface area contributed by atoms with Crippen molar-refractivity contribution < 1.29 is 27.0 Å². The number of rotatable bonds is 10. The molecule has 37 heavy (non-hydrogen) atoms.